The Morgan fingerprint density at radius 2 is 2.05 bits per heavy atom. The van der Waals surface area contributed by atoms with E-state index in [9.17, 15) is 0 Å². The number of imidazole rings is 1. The van der Waals surface area contributed by atoms with Crippen molar-refractivity contribution in [2.75, 3.05) is 5.43 Å². The van der Waals surface area contributed by atoms with Crippen LogP contribution in [0.25, 0.3) is 5.65 Å². The van der Waals surface area contributed by atoms with E-state index in [0.717, 1.165) is 15.6 Å². The molecule has 2 aromatic heterocycles. The highest BCUT2D eigenvalue weighted by Crippen LogP contribution is 2.30. The van der Waals surface area contributed by atoms with Gasteiger partial charge in [-0.05, 0) is 24.3 Å². The standard InChI is InChI=1S/C12H10ClN5S/c13-8-1-3-9(4-2-8)19-12-11-15-5-6-18(11)7-10(16-12)17-14/h1-7,17H,14H2. The van der Waals surface area contributed by atoms with Gasteiger partial charge in [0.2, 0.25) is 0 Å². The number of nitrogens with two attached hydrogens (primary N) is 1. The lowest BCUT2D eigenvalue weighted by Crippen LogP contribution is -2.10. The number of halogens is 1. The molecule has 0 saturated carbocycles. The SMILES string of the molecule is NNc1cn2ccnc2c(Sc2ccc(Cl)cc2)n1. The second-order valence-corrected chi connectivity index (χ2v) is 5.29. The first-order chi connectivity index (χ1) is 9.26. The number of hydrogen-bond acceptors (Lipinski definition) is 5. The zero-order valence-corrected chi connectivity index (χ0v) is 11.3. The molecule has 0 saturated heterocycles. The number of rotatable bonds is 3. The number of hydrogen-bond donors (Lipinski definition) is 2. The van der Waals surface area contributed by atoms with Crippen molar-refractivity contribution in [1.29, 1.82) is 0 Å². The summed E-state index contributed by atoms with van der Waals surface area (Å²) in [6.45, 7) is 0. The summed E-state index contributed by atoms with van der Waals surface area (Å²) in [6.07, 6.45) is 5.36. The van der Waals surface area contributed by atoms with Crippen molar-refractivity contribution in [3.63, 3.8) is 0 Å². The number of aromatic nitrogens is 3. The minimum atomic E-state index is 0.585. The van der Waals surface area contributed by atoms with Gasteiger partial charge in [0.15, 0.2) is 11.5 Å². The molecule has 0 aliphatic carbocycles. The number of hydrazine groups is 1. The first-order valence-corrected chi connectivity index (χ1v) is 6.69. The summed E-state index contributed by atoms with van der Waals surface area (Å²) < 4.78 is 1.88. The maximum atomic E-state index is 5.87. The van der Waals surface area contributed by atoms with E-state index in [1.807, 2.05) is 34.9 Å². The van der Waals surface area contributed by atoms with Crippen LogP contribution in [-0.2, 0) is 0 Å². The Morgan fingerprint density at radius 3 is 2.79 bits per heavy atom. The molecular weight excluding hydrogens is 282 g/mol. The fraction of sp³-hybridized carbons (Fsp3) is 0. The molecule has 0 radical (unpaired) electrons. The third-order valence-corrected chi connectivity index (χ3v) is 3.75. The summed E-state index contributed by atoms with van der Waals surface area (Å²) in [4.78, 5) is 9.75. The highest BCUT2D eigenvalue weighted by molar-refractivity contribution is 7.99. The summed E-state index contributed by atoms with van der Waals surface area (Å²) >= 11 is 7.38. The van der Waals surface area contributed by atoms with Gasteiger partial charge in [-0.3, -0.25) is 0 Å². The van der Waals surface area contributed by atoms with Gasteiger partial charge in [-0.2, -0.15) is 0 Å². The lowest BCUT2D eigenvalue weighted by atomic mass is 10.4. The largest absolute Gasteiger partial charge is 0.307 e. The fourth-order valence-corrected chi connectivity index (χ4v) is 2.67. The molecule has 2 heterocycles. The van der Waals surface area contributed by atoms with E-state index < -0.39 is 0 Å². The molecule has 0 aliphatic rings. The number of benzene rings is 1. The van der Waals surface area contributed by atoms with E-state index >= 15 is 0 Å². The fourth-order valence-electron chi connectivity index (χ4n) is 1.66. The summed E-state index contributed by atoms with van der Waals surface area (Å²) in [6, 6.07) is 7.57. The molecule has 5 nitrogen and oxygen atoms in total. The minimum Gasteiger partial charge on any atom is -0.307 e. The van der Waals surface area contributed by atoms with E-state index in [0.29, 0.717) is 10.8 Å². The van der Waals surface area contributed by atoms with Crippen molar-refractivity contribution in [1.82, 2.24) is 14.4 Å². The third-order valence-electron chi connectivity index (χ3n) is 2.52. The molecule has 7 heteroatoms. The second kappa shape index (κ2) is 5.08. The molecule has 96 valence electrons. The molecule has 3 rings (SSSR count). The molecule has 0 bridgehead atoms. The van der Waals surface area contributed by atoms with Crippen molar-refractivity contribution < 1.29 is 0 Å². The van der Waals surface area contributed by atoms with Crippen LogP contribution in [0.15, 0.2) is 52.8 Å². The molecule has 0 amide bonds. The van der Waals surface area contributed by atoms with Gasteiger partial charge in [0, 0.05) is 22.3 Å². The second-order valence-electron chi connectivity index (χ2n) is 3.79. The van der Waals surface area contributed by atoms with Gasteiger partial charge in [-0.15, -0.1) is 0 Å². The Bertz CT molecular complexity index is 710. The van der Waals surface area contributed by atoms with Crippen LogP contribution >= 0.6 is 23.4 Å². The summed E-state index contributed by atoms with van der Waals surface area (Å²) in [5.41, 5.74) is 3.34. The molecule has 3 aromatic rings. The maximum absolute atomic E-state index is 5.87. The molecule has 0 unspecified atom stereocenters. The van der Waals surface area contributed by atoms with Crippen molar-refractivity contribution in [2.24, 2.45) is 5.84 Å². The van der Waals surface area contributed by atoms with E-state index in [1.54, 1.807) is 12.4 Å². The van der Waals surface area contributed by atoms with Crippen molar-refractivity contribution in [3.8, 4) is 0 Å². The zero-order valence-electron chi connectivity index (χ0n) is 9.75. The van der Waals surface area contributed by atoms with Gasteiger partial charge in [-0.25, -0.2) is 15.8 Å². The summed E-state index contributed by atoms with van der Waals surface area (Å²) in [7, 11) is 0. The smallest absolute Gasteiger partial charge is 0.170 e. The van der Waals surface area contributed by atoms with Gasteiger partial charge in [0.1, 0.15) is 5.03 Å². The maximum Gasteiger partial charge on any atom is 0.170 e. The molecular formula is C12H10ClN5S. The van der Waals surface area contributed by atoms with Crippen LogP contribution in [-0.4, -0.2) is 14.4 Å². The van der Waals surface area contributed by atoms with Gasteiger partial charge in [0.25, 0.3) is 0 Å². The Hall–Kier alpha value is -1.76. The van der Waals surface area contributed by atoms with Crippen molar-refractivity contribution in [3.05, 3.63) is 47.9 Å². The number of nitrogens with zero attached hydrogens (tertiary/aromatic N) is 3. The molecule has 0 aliphatic heterocycles. The number of nitrogens with one attached hydrogen (secondary N) is 1. The molecule has 19 heavy (non-hydrogen) atoms. The van der Waals surface area contributed by atoms with Crippen LogP contribution in [0.1, 0.15) is 0 Å². The molecule has 3 N–H and O–H groups in total. The van der Waals surface area contributed by atoms with Gasteiger partial charge >= 0.3 is 0 Å². The van der Waals surface area contributed by atoms with Gasteiger partial charge in [-0.1, -0.05) is 23.4 Å². The summed E-state index contributed by atoms with van der Waals surface area (Å²) in [5.74, 6) is 6.00. The van der Waals surface area contributed by atoms with Crippen LogP contribution in [0.2, 0.25) is 5.02 Å². The normalized spacial score (nSPS) is 10.8. The van der Waals surface area contributed by atoms with Crippen LogP contribution in [0.5, 0.6) is 0 Å². The van der Waals surface area contributed by atoms with Crippen LogP contribution in [0.3, 0.4) is 0 Å². The summed E-state index contributed by atoms with van der Waals surface area (Å²) in [5, 5.41) is 1.49. The van der Waals surface area contributed by atoms with E-state index in [1.165, 1.54) is 11.8 Å². The number of fused-ring (bicyclic) bond motifs is 1. The predicted octanol–water partition coefficient (Wildman–Crippen LogP) is 2.82. The Labute approximate surface area is 118 Å². The van der Waals surface area contributed by atoms with Gasteiger partial charge in [0.05, 0.1) is 6.20 Å². The van der Waals surface area contributed by atoms with Crippen molar-refractivity contribution in [2.45, 2.75) is 9.92 Å². The van der Waals surface area contributed by atoms with Crippen LogP contribution < -0.4 is 11.3 Å². The Morgan fingerprint density at radius 1 is 1.26 bits per heavy atom. The molecule has 1 aromatic carbocycles. The number of nitrogen functional groups attached to an aromatic ring is 1. The minimum absolute atomic E-state index is 0.585. The van der Waals surface area contributed by atoms with Crippen LogP contribution in [0, 0.1) is 0 Å². The Balaban J connectivity index is 2.03. The zero-order chi connectivity index (χ0) is 13.2. The number of anilines is 1. The van der Waals surface area contributed by atoms with E-state index in [-0.39, 0.29) is 0 Å². The average molecular weight is 292 g/mol. The monoisotopic (exact) mass is 291 g/mol. The molecule has 0 atom stereocenters. The van der Waals surface area contributed by atoms with Crippen molar-refractivity contribution >= 4 is 34.8 Å². The predicted molar refractivity (Wildman–Crippen MR) is 76.4 cm³/mol. The lowest BCUT2D eigenvalue weighted by molar-refractivity contribution is 1.02. The van der Waals surface area contributed by atoms with Gasteiger partial charge < -0.3 is 9.83 Å². The first kappa shape index (κ1) is 12.3. The average Bonchev–Trinajstić information content (AvgIpc) is 2.89. The topological polar surface area (TPSA) is 68.2 Å². The molecule has 0 fully saturated rings. The van der Waals surface area contributed by atoms with Crippen LogP contribution in [0.4, 0.5) is 5.82 Å². The molecule has 0 spiro atoms. The Kier molecular flexibility index (Phi) is 3.29. The highest BCUT2D eigenvalue weighted by atomic mass is 35.5. The highest BCUT2D eigenvalue weighted by Gasteiger charge is 2.08. The third kappa shape index (κ3) is 2.51. The lowest BCUT2D eigenvalue weighted by Gasteiger charge is -2.06. The quantitative estimate of drug-likeness (QED) is 0.574. The van der Waals surface area contributed by atoms with E-state index in [2.05, 4.69) is 15.4 Å². The first-order valence-electron chi connectivity index (χ1n) is 5.50. The van der Waals surface area contributed by atoms with E-state index in [4.69, 9.17) is 17.4 Å².